The van der Waals surface area contributed by atoms with Crippen LogP contribution in [0.15, 0.2) is 60.8 Å². The predicted molar refractivity (Wildman–Crippen MR) is 102 cm³/mol. The summed E-state index contributed by atoms with van der Waals surface area (Å²) < 4.78 is 24.6. The standard InChI is InChI=1S/C10H11N3O2S.C8H9Cl/c11-10-6-7-13(12-10)16(14,15)8-9-4-2-1-3-5-9;1-6-4-3-5-8(9)7(6)2/h1-7H,8H2,(H2,11,12);3-5H,1-2H3. The fourth-order valence-corrected chi connectivity index (χ4v) is 3.47. The van der Waals surface area contributed by atoms with Crippen molar-refractivity contribution < 1.29 is 8.42 Å². The molecule has 132 valence electrons. The molecular weight excluding hydrogens is 358 g/mol. The fourth-order valence-electron chi connectivity index (χ4n) is 2.04. The number of benzene rings is 2. The van der Waals surface area contributed by atoms with Crippen LogP contribution in [0.5, 0.6) is 0 Å². The molecule has 0 saturated carbocycles. The second-order valence-electron chi connectivity index (χ2n) is 5.54. The maximum atomic E-state index is 11.9. The molecule has 0 aliphatic carbocycles. The van der Waals surface area contributed by atoms with Crippen molar-refractivity contribution in [3.8, 4) is 0 Å². The Morgan fingerprint density at radius 2 is 1.72 bits per heavy atom. The second-order valence-corrected chi connectivity index (χ2v) is 7.77. The van der Waals surface area contributed by atoms with Crippen LogP contribution in [0.3, 0.4) is 0 Å². The van der Waals surface area contributed by atoms with E-state index in [0.29, 0.717) is 0 Å². The number of hydrogen-bond acceptors (Lipinski definition) is 4. The lowest BCUT2D eigenvalue weighted by Gasteiger charge is -2.03. The Morgan fingerprint density at radius 3 is 2.24 bits per heavy atom. The summed E-state index contributed by atoms with van der Waals surface area (Å²) in [4.78, 5) is 0. The molecule has 3 rings (SSSR count). The average Bonchev–Trinajstić information content (AvgIpc) is 3.01. The average molecular weight is 378 g/mol. The van der Waals surface area contributed by atoms with Crippen molar-refractivity contribution in [2.45, 2.75) is 19.6 Å². The van der Waals surface area contributed by atoms with Crippen LogP contribution in [-0.2, 0) is 15.8 Å². The van der Waals surface area contributed by atoms with Crippen molar-refractivity contribution >= 4 is 27.4 Å². The first kappa shape index (κ1) is 19.0. The molecule has 0 atom stereocenters. The van der Waals surface area contributed by atoms with Crippen LogP contribution >= 0.6 is 11.6 Å². The molecular formula is C18H20ClN3O2S. The summed E-state index contributed by atoms with van der Waals surface area (Å²) in [6, 6.07) is 16.3. The molecule has 2 aromatic carbocycles. The van der Waals surface area contributed by atoms with E-state index in [1.54, 1.807) is 24.3 Å². The molecule has 25 heavy (non-hydrogen) atoms. The van der Waals surface area contributed by atoms with E-state index >= 15 is 0 Å². The van der Waals surface area contributed by atoms with Gasteiger partial charge in [-0.25, -0.2) is 8.42 Å². The number of aryl methyl sites for hydroxylation is 1. The Labute approximate surface area is 153 Å². The van der Waals surface area contributed by atoms with Crippen LogP contribution in [0.25, 0.3) is 0 Å². The van der Waals surface area contributed by atoms with Crippen molar-refractivity contribution in [1.29, 1.82) is 0 Å². The van der Waals surface area contributed by atoms with Gasteiger partial charge in [-0.3, -0.25) is 0 Å². The van der Waals surface area contributed by atoms with Crippen molar-refractivity contribution in [1.82, 2.24) is 9.19 Å². The van der Waals surface area contributed by atoms with Gasteiger partial charge < -0.3 is 5.73 Å². The van der Waals surface area contributed by atoms with E-state index in [1.807, 2.05) is 25.1 Å². The molecule has 1 heterocycles. The third-order valence-electron chi connectivity index (χ3n) is 3.60. The van der Waals surface area contributed by atoms with Crippen LogP contribution < -0.4 is 5.73 Å². The van der Waals surface area contributed by atoms with Gasteiger partial charge >= 0.3 is 0 Å². The summed E-state index contributed by atoms with van der Waals surface area (Å²) in [5.74, 6) is 0.103. The highest BCUT2D eigenvalue weighted by Crippen LogP contribution is 2.17. The van der Waals surface area contributed by atoms with E-state index in [0.717, 1.165) is 14.7 Å². The number of aromatic nitrogens is 2. The molecule has 0 spiro atoms. The fraction of sp³-hybridized carbons (Fsp3) is 0.167. The number of nitrogen functional groups attached to an aromatic ring is 1. The van der Waals surface area contributed by atoms with E-state index in [9.17, 15) is 8.42 Å². The molecule has 3 aromatic rings. The van der Waals surface area contributed by atoms with Crippen molar-refractivity contribution in [3.63, 3.8) is 0 Å². The molecule has 0 bridgehead atoms. The predicted octanol–water partition coefficient (Wildman–Crippen LogP) is 3.80. The largest absolute Gasteiger partial charge is 0.382 e. The normalized spacial score (nSPS) is 10.8. The highest BCUT2D eigenvalue weighted by molar-refractivity contribution is 7.89. The summed E-state index contributed by atoms with van der Waals surface area (Å²) in [5, 5.41) is 4.54. The Kier molecular flexibility index (Phi) is 6.22. The highest BCUT2D eigenvalue weighted by Gasteiger charge is 2.14. The maximum Gasteiger partial charge on any atom is 0.258 e. The molecule has 2 N–H and O–H groups in total. The van der Waals surface area contributed by atoms with Gasteiger partial charge in [0, 0.05) is 17.3 Å². The van der Waals surface area contributed by atoms with Crippen molar-refractivity contribution in [2.24, 2.45) is 0 Å². The summed E-state index contributed by atoms with van der Waals surface area (Å²) in [6.07, 6.45) is 1.34. The van der Waals surface area contributed by atoms with E-state index < -0.39 is 10.0 Å². The topological polar surface area (TPSA) is 78.0 Å². The Morgan fingerprint density at radius 1 is 1.04 bits per heavy atom. The molecule has 0 saturated heterocycles. The van der Waals surface area contributed by atoms with Crippen molar-refractivity contribution in [2.75, 3.05) is 5.73 Å². The first-order chi connectivity index (χ1) is 11.8. The highest BCUT2D eigenvalue weighted by atomic mass is 35.5. The smallest absolute Gasteiger partial charge is 0.258 e. The first-order valence-electron chi connectivity index (χ1n) is 7.59. The molecule has 0 aliphatic heterocycles. The summed E-state index contributed by atoms with van der Waals surface area (Å²) >= 11 is 5.81. The van der Waals surface area contributed by atoms with Gasteiger partial charge in [-0.15, -0.1) is 5.10 Å². The van der Waals surface area contributed by atoms with Crippen molar-refractivity contribution in [3.05, 3.63) is 82.5 Å². The van der Waals surface area contributed by atoms with Gasteiger partial charge in [0.15, 0.2) is 0 Å². The zero-order valence-electron chi connectivity index (χ0n) is 14.1. The summed E-state index contributed by atoms with van der Waals surface area (Å²) in [6.45, 7) is 4.08. The molecule has 7 heteroatoms. The third kappa shape index (κ3) is 5.34. The monoisotopic (exact) mass is 377 g/mol. The maximum absolute atomic E-state index is 11.9. The number of nitrogens with zero attached hydrogens (tertiary/aromatic N) is 2. The van der Waals surface area contributed by atoms with E-state index in [1.165, 1.54) is 23.4 Å². The molecule has 0 fully saturated rings. The number of rotatable bonds is 3. The zero-order chi connectivity index (χ0) is 18.4. The van der Waals surface area contributed by atoms with Gasteiger partial charge in [0.1, 0.15) is 5.82 Å². The van der Waals surface area contributed by atoms with E-state index in [4.69, 9.17) is 17.3 Å². The van der Waals surface area contributed by atoms with Gasteiger partial charge in [0.2, 0.25) is 0 Å². The van der Waals surface area contributed by atoms with Crippen LogP contribution in [0, 0.1) is 13.8 Å². The number of hydrogen-bond donors (Lipinski definition) is 1. The molecule has 1 aromatic heterocycles. The summed E-state index contributed by atoms with van der Waals surface area (Å²) in [5.41, 5.74) is 8.52. The van der Waals surface area contributed by atoms with Crippen LogP contribution in [0.1, 0.15) is 16.7 Å². The number of halogens is 1. The molecule has 0 unspecified atom stereocenters. The Bertz CT molecular complexity index is 918. The van der Waals surface area contributed by atoms with Gasteiger partial charge in [-0.1, -0.05) is 54.1 Å². The molecule has 0 amide bonds. The quantitative estimate of drug-likeness (QED) is 0.753. The molecule has 0 radical (unpaired) electrons. The summed E-state index contributed by atoms with van der Waals surface area (Å²) in [7, 11) is -3.47. The minimum Gasteiger partial charge on any atom is -0.382 e. The Balaban J connectivity index is 0.000000212. The Hall–Kier alpha value is -2.31. The lowest BCUT2D eigenvalue weighted by molar-refractivity contribution is 0.579. The minimum atomic E-state index is -3.47. The first-order valence-corrected chi connectivity index (χ1v) is 9.58. The minimum absolute atomic E-state index is 0.0883. The number of anilines is 1. The second kappa shape index (κ2) is 8.18. The zero-order valence-corrected chi connectivity index (χ0v) is 15.6. The lowest BCUT2D eigenvalue weighted by Crippen LogP contribution is -2.15. The molecule has 0 aliphatic rings. The van der Waals surface area contributed by atoms with Gasteiger partial charge in [0.05, 0.1) is 5.75 Å². The van der Waals surface area contributed by atoms with Gasteiger partial charge in [0.25, 0.3) is 10.0 Å². The van der Waals surface area contributed by atoms with E-state index in [2.05, 4.69) is 18.1 Å². The number of nitrogens with two attached hydrogens (primary N) is 1. The van der Waals surface area contributed by atoms with Crippen LogP contribution in [0.4, 0.5) is 5.82 Å². The van der Waals surface area contributed by atoms with Crippen LogP contribution in [0.2, 0.25) is 5.02 Å². The third-order valence-corrected chi connectivity index (χ3v) is 5.48. The SMILES string of the molecule is Cc1cccc(Cl)c1C.Nc1ccn(S(=O)(=O)Cc2ccccc2)n1. The van der Waals surface area contributed by atoms with E-state index in [-0.39, 0.29) is 11.6 Å². The molecule has 5 nitrogen and oxygen atoms in total. The van der Waals surface area contributed by atoms with Gasteiger partial charge in [-0.2, -0.15) is 4.09 Å². The lowest BCUT2D eigenvalue weighted by atomic mass is 10.1. The van der Waals surface area contributed by atoms with Gasteiger partial charge in [-0.05, 0) is 36.6 Å². The van der Waals surface area contributed by atoms with Crippen LogP contribution in [-0.4, -0.2) is 17.6 Å².